The largest absolute Gasteiger partial charge is 0.323 e. The number of hydrazine groups is 1. The summed E-state index contributed by atoms with van der Waals surface area (Å²) < 4.78 is 27.2. The van der Waals surface area contributed by atoms with Crippen LogP contribution in [0.5, 0.6) is 0 Å². The highest BCUT2D eigenvalue weighted by molar-refractivity contribution is 7.89. The van der Waals surface area contributed by atoms with E-state index in [0.29, 0.717) is 24.8 Å². The molecule has 7 nitrogen and oxygen atoms in total. The van der Waals surface area contributed by atoms with E-state index in [2.05, 4.69) is 15.3 Å². The van der Waals surface area contributed by atoms with Crippen molar-refractivity contribution in [3.63, 3.8) is 0 Å². The van der Waals surface area contributed by atoms with Crippen LogP contribution in [0.2, 0.25) is 0 Å². The summed E-state index contributed by atoms with van der Waals surface area (Å²) in [6.07, 6.45) is 6.34. The van der Waals surface area contributed by atoms with Gasteiger partial charge in [-0.3, -0.25) is 15.7 Å². The summed E-state index contributed by atoms with van der Waals surface area (Å²) in [6.45, 7) is 2.97. The molecule has 3 N–H and O–H groups in total. The summed E-state index contributed by atoms with van der Waals surface area (Å²) in [5, 5.41) is 0. The van der Waals surface area contributed by atoms with Crippen LogP contribution in [-0.4, -0.2) is 54.8 Å². The van der Waals surface area contributed by atoms with Crippen molar-refractivity contribution in [2.45, 2.75) is 30.2 Å². The molecule has 2 fully saturated rings. The summed E-state index contributed by atoms with van der Waals surface area (Å²) in [4.78, 5) is 6.48. The molecule has 0 aromatic carbocycles. The standard InChI is InChI=1S/C13H21N5O2S/c14-16-12-4-5-15-9-13(12)21(19,20)18-8-7-17-6-2-1-3-11(17)10-18/h4-5,9,11H,1-3,6-8,10,14H2,(H,15,16). The lowest BCUT2D eigenvalue weighted by Crippen LogP contribution is -2.56. The van der Waals surface area contributed by atoms with Crippen molar-refractivity contribution in [3.8, 4) is 0 Å². The Bertz CT molecular complexity index is 606. The number of nitrogens with zero attached hydrogens (tertiary/aromatic N) is 3. The molecule has 21 heavy (non-hydrogen) atoms. The van der Waals surface area contributed by atoms with Crippen molar-refractivity contribution in [3.05, 3.63) is 18.5 Å². The molecule has 2 aliphatic rings. The summed E-state index contributed by atoms with van der Waals surface area (Å²) in [6, 6.07) is 1.91. The molecule has 1 aromatic heterocycles. The second-order valence-electron chi connectivity index (χ2n) is 5.56. The minimum Gasteiger partial charge on any atom is -0.323 e. The van der Waals surface area contributed by atoms with Crippen molar-refractivity contribution in [2.75, 3.05) is 31.6 Å². The number of pyridine rings is 1. The number of piperazine rings is 1. The van der Waals surface area contributed by atoms with Gasteiger partial charge in [-0.25, -0.2) is 8.42 Å². The van der Waals surface area contributed by atoms with Crippen LogP contribution in [-0.2, 0) is 10.0 Å². The van der Waals surface area contributed by atoms with Gasteiger partial charge in [-0.1, -0.05) is 6.42 Å². The molecule has 1 unspecified atom stereocenters. The summed E-state index contributed by atoms with van der Waals surface area (Å²) >= 11 is 0. The van der Waals surface area contributed by atoms with Crippen LogP contribution in [0.4, 0.5) is 5.69 Å². The molecule has 116 valence electrons. The van der Waals surface area contributed by atoms with Gasteiger partial charge in [0.2, 0.25) is 10.0 Å². The van der Waals surface area contributed by atoms with Crippen LogP contribution >= 0.6 is 0 Å². The SMILES string of the molecule is NNc1ccncc1S(=O)(=O)N1CCN2CCCCC2C1. The molecule has 1 aromatic rings. The van der Waals surface area contributed by atoms with E-state index in [-0.39, 0.29) is 4.90 Å². The smallest absolute Gasteiger partial charge is 0.246 e. The number of nitrogens with one attached hydrogen (secondary N) is 1. The van der Waals surface area contributed by atoms with Gasteiger partial charge in [0.1, 0.15) is 4.90 Å². The monoisotopic (exact) mass is 311 g/mol. The van der Waals surface area contributed by atoms with Crippen LogP contribution < -0.4 is 11.3 Å². The Hall–Kier alpha value is -1.22. The van der Waals surface area contributed by atoms with Crippen LogP contribution in [0.1, 0.15) is 19.3 Å². The quantitative estimate of drug-likeness (QED) is 0.613. The zero-order valence-electron chi connectivity index (χ0n) is 11.9. The summed E-state index contributed by atoms with van der Waals surface area (Å²) in [7, 11) is -3.55. The van der Waals surface area contributed by atoms with E-state index >= 15 is 0 Å². The fraction of sp³-hybridized carbons (Fsp3) is 0.615. The van der Waals surface area contributed by atoms with Gasteiger partial charge < -0.3 is 5.43 Å². The first-order valence-electron chi connectivity index (χ1n) is 7.28. The van der Waals surface area contributed by atoms with Crippen molar-refractivity contribution < 1.29 is 8.42 Å². The van der Waals surface area contributed by atoms with E-state index < -0.39 is 10.0 Å². The van der Waals surface area contributed by atoms with Crippen LogP contribution in [0, 0.1) is 0 Å². The molecule has 0 bridgehead atoms. The van der Waals surface area contributed by atoms with Crippen molar-refractivity contribution in [1.29, 1.82) is 0 Å². The maximum absolute atomic E-state index is 12.8. The number of rotatable bonds is 3. The van der Waals surface area contributed by atoms with E-state index in [4.69, 9.17) is 5.84 Å². The van der Waals surface area contributed by atoms with E-state index in [1.807, 2.05) is 0 Å². The second kappa shape index (κ2) is 5.88. The summed E-state index contributed by atoms with van der Waals surface area (Å²) in [5.74, 6) is 5.41. The van der Waals surface area contributed by atoms with E-state index in [1.54, 1.807) is 10.4 Å². The Morgan fingerprint density at radius 2 is 2.14 bits per heavy atom. The average molecular weight is 311 g/mol. The first-order valence-corrected chi connectivity index (χ1v) is 8.72. The van der Waals surface area contributed by atoms with Crippen molar-refractivity contribution in [2.24, 2.45) is 5.84 Å². The number of sulfonamides is 1. The molecular formula is C13H21N5O2S. The number of anilines is 1. The van der Waals surface area contributed by atoms with Gasteiger partial charge in [-0.15, -0.1) is 0 Å². The van der Waals surface area contributed by atoms with Crippen LogP contribution in [0.3, 0.4) is 0 Å². The Balaban J connectivity index is 1.85. The van der Waals surface area contributed by atoms with Gasteiger partial charge in [0.05, 0.1) is 5.69 Å². The molecular weight excluding hydrogens is 290 g/mol. The lowest BCUT2D eigenvalue weighted by atomic mass is 10.0. The third-order valence-electron chi connectivity index (χ3n) is 4.36. The molecule has 0 saturated carbocycles. The maximum Gasteiger partial charge on any atom is 0.246 e. The van der Waals surface area contributed by atoms with Crippen LogP contribution in [0.25, 0.3) is 0 Å². The van der Waals surface area contributed by atoms with Crippen LogP contribution in [0.15, 0.2) is 23.4 Å². The maximum atomic E-state index is 12.8. The Morgan fingerprint density at radius 1 is 1.29 bits per heavy atom. The molecule has 0 radical (unpaired) electrons. The molecule has 3 heterocycles. The lowest BCUT2D eigenvalue weighted by Gasteiger charge is -2.43. The fourth-order valence-corrected chi connectivity index (χ4v) is 4.76. The first kappa shape index (κ1) is 14.7. The number of fused-ring (bicyclic) bond motifs is 1. The van der Waals surface area contributed by atoms with E-state index in [1.165, 1.54) is 25.2 Å². The predicted octanol–water partition coefficient (Wildman–Crippen LogP) is 0.226. The zero-order valence-corrected chi connectivity index (χ0v) is 12.7. The van der Waals surface area contributed by atoms with E-state index in [9.17, 15) is 8.42 Å². The number of hydrogen-bond acceptors (Lipinski definition) is 6. The normalized spacial score (nSPS) is 24.5. The molecule has 0 amide bonds. The third kappa shape index (κ3) is 2.76. The van der Waals surface area contributed by atoms with Gasteiger partial charge >= 0.3 is 0 Å². The minimum absolute atomic E-state index is 0.150. The van der Waals surface area contributed by atoms with E-state index in [0.717, 1.165) is 19.5 Å². The number of piperidine rings is 1. The Morgan fingerprint density at radius 3 is 2.95 bits per heavy atom. The predicted molar refractivity (Wildman–Crippen MR) is 80.0 cm³/mol. The van der Waals surface area contributed by atoms with Crippen molar-refractivity contribution in [1.82, 2.24) is 14.2 Å². The van der Waals surface area contributed by atoms with Gasteiger partial charge in [-0.05, 0) is 25.5 Å². The number of hydrogen-bond donors (Lipinski definition) is 2. The van der Waals surface area contributed by atoms with Gasteiger partial charge in [0, 0.05) is 38.1 Å². The number of nitrogens with two attached hydrogens (primary N) is 1. The molecule has 2 aliphatic heterocycles. The minimum atomic E-state index is -3.55. The molecule has 1 atom stereocenters. The molecule has 2 saturated heterocycles. The molecule has 0 aliphatic carbocycles. The van der Waals surface area contributed by atoms with Crippen molar-refractivity contribution >= 4 is 15.7 Å². The summed E-state index contributed by atoms with van der Waals surface area (Å²) in [5.41, 5.74) is 2.83. The number of aromatic nitrogens is 1. The highest BCUT2D eigenvalue weighted by Crippen LogP contribution is 2.27. The topological polar surface area (TPSA) is 91.6 Å². The highest BCUT2D eigenvalue weighted by atomic mass is 32.2. The molecule has 0 spiro atoms. The fourth-order valence-electron chi connectivity index (χ4n) is 3.19. The van der Waals surface area contributed by atoms with Gasteiger partial charge in [0.15, 0.2) is 0 Å². The third-order valence-corrected chi connectivity index (χ3v) is 6.25. The number of nitrogen functional groups attached to an aromatic ring is 1. The molecule has 3 rings (SSSR count). The zero-order chi connectivity index (χ0) is 14.9. The highest BCUT2D eigenvalue weighted by Gasteiger charge is 2.36. The Labute approximate surface area is 125 Å². The first-order chi connectivity index (χ1) is 10.1. The lowest BCUT2D eigenvalue weighted by molar-refractivity contribution is 0.0852. The van der Waals surface area contributed by atoms with Gasteiger partial charge in [-0.2, -0.15) is 4.31 Å². The Kier molecular flexibility index (Phi) is 4.12. The second-order valence-corrected chi connectivity index (χ2v) is 7.47. The average Bonchev–Trinajstić information content (AvgIpc) is 2.54. The van der Waals surface area contributed by atoms with Gasteiger partial charge in [0.25, 0.3) is 0 Å². The molecule has 8 heteroatoms.